The molecule has 30 heavy (non-hydrogen) atoms. The summed E-state index contributed by atoms with van der Waals surface area (Å²) in [6.07, 6.45) is 0. The summed E-state index contributed by atoms with van der Waals surface area (Å²) < 4.78 is 26.1. The minimum atomic E-state index is -0.434. The minimum absolute atomic E-state index is 0.0214. The fraction of sp³-hybridized carbons (Fsp3) is 0.182. The van der Waals surface area contributed by atoms with E-state index in [4.69, 9.17) is 9.47 Å². The summed E-state index contributed by atoms with van der Waals surface area (Å²) in [7, 11) is 0. The van der Waals surface area contributed by atoms with Gasteiger partial charge < -0.3 is 14.8 Å². The van der Waals surface area contributed by atoms with Crippen LogP contribution in [-0.4, -0.2) is 11.5 Å². The van der Waals surface area contributed by atoms with Crippen LogP contribution in [-0.2, 0) is 13.2 Å². The predicted octanol–water partition coefficient (Wildman–Crippen LogP) is 6.09. The molecule has 156 valence electrons. The fourth-order valence-corrected chi connectivity index (χ4v) is 3.43. The Morgan fingerprint density at radius 2 is 1.90 bits per heavy atom. The molecule has 3 aromatic rings. The number of nitro groups is 1. The largest absolute Gasteiger partial charge is 0.490 e. The van der Waals surface area contributed by atoms with Gasteiger partial charge in [0.05, 0.1) is 16.0 Å². The van der Waals surface area contributed by atoms with Gasteiger partial charge in [0, 0.05) is 29.9 Å². The van der Waals surface area contributed by atoms with Crippen LogP contribution in [0.4, 0.5) is 15.8 Å². The molecule has 0 aromatic heterocycles. The lowest BCUT2D eigenvalue weighted by molar-refractivity contribution is -0.384. The Morgan fingerprint density at radius 1 is 1.10 bits per heavy atom. The first kappa shape index (κ1) is 21.6. The van der Waals surface area contributed by atoms with E-state index in [-0.39, 0.29) is 18.1 Å². The standard InChI is InChI=1S/C22H20BrFN2O4/c1-2-29-21-11-15(13-25-17-7-5-8-18(12-17)26(27)28)10-19(23)22(21)30-14-16-6-3-4-9-20(16)24/h3-12,25H,2,13-14H2,1H3. The molecule has 0 spiro atoms. The molecule has 1 N–H and O–H groups in total. The van der Waals surface area contributed by atoms with Gasteiger partial charge in [-0.1, -0.05) is 24.3 Å². The number of rotatable bonds is 9. The molecule has 3 aromatic carbocycles. The van der Waals surface area contributed by atoms with Gasteiger partial charge in [0.15, 0.2) is 11.5 Å². The highest BCUT2D eigenvalue weighted by molar-refractivity contribution is 9.10. The molecule has 0 fully saturated rings. The van der Waals surface area contributed by atoms with Crippen LogP contribution in [0.15, 0.2) is 65.1 Å². The minimum Gasteiger partial charge on any atom is -0.490 e. The number of anilines is 1. The van der Waals surface area contributed by atoms with Gasteiger partial charge in [-0.05, 0) is 52.7 Å². The van der Waals surface area contributed by atoms with Gasteiger partial charge in [0.1, 0.15) is 12.4 Å². The number of nitrogens with one attached hydrogen (secondary N) is 1. The molecule has 0 saturated heterocycles. The van der Waals surface area contributed by atoms with E-state index in [1.807, 2.05) is 19.1 Å². The number of ether oxygens (including phenoxy) is 2. The number of nitrogens with zero attached hydrogens (tertiary/aromatic N) is 1. The van der Waals surface area contributed by atoms with Crippen molar-refractivity contribution >= 4 is 27.3 Å². The quantitative estimate of drug-likeness (QED) is 0.300. The first-order chi connectivity index (χ1) is 14.5. The third kappa shape index (κ3) is 5.48. The maximum atomic E-state index is 13.9. The highest BCUT2D eigenvalue weighted by Gasteiger charge is 2.14. The summed E-state index contributed by atoms with van der Waals surface area (Å²) in [5, 5.41) is 14.1. The third-order valence-corrected chi connectivity index (χ3v) is 4.84. The van der Waals surface area contributed by atoms with E-state index in [2.05, 4.69) is 21.2 Å². The van der Waals surface area contributed by atoms with Crippen LogP contribution in [0, 0.1) is 15.9 Å². The molecule has 0 unspecified atom stereocenters. The lowest BCUT2D eigenvalue weighted by Crippen LogP contribution is -2.05. The Hall–Kier alpha value is -3.13. The van der Waals surface area contributed by atoms with Crippen molar-refractivity contribution in [1.82, 2.24) is 0 Å². The maximum Gasteiger partial charge on any atom is 0.271 e. The van der Waals surface area contributed by atoms with E-state index in [9.17, 15) is 14.5 Å². The highest BCUT2D eigenvalue weighted by Crippen LogP contribution is 2.38. The van der Waals surface area contributed by atoms with Crippen LogP contribution in [0.5, 0.6) is 11.5 Å². The first-order valence-electron chi connectivity index (χ1n) is 9.27. The van der Waals surface area contributed by atoms with Crippen molar-refractivity contribution in [3.8, 4) is 11.5 Å². The summed E-state index contributed by atoms with van der Waals surface area (Å²) in [5.41, 5.74) is 1.99. The smallest absolute Gasteiger partial charge is 0.271 e. The summed E-state index contributed by atoms with van der Waals surface area (Å²) >= 11 is 3.50. The van der Waals surface area contributed by atoms with Crippen molar-refractivity contribution in [2.45, 2.75) is 20.1 Å². The fourth-order valence-electron chi connectivity index (χ4n) is 2.83. The van der Waals surface area contributed by atoms with Gasteiger partial charge in [0.25, 0.3) is 5.69 Å². The Balaban J connectivity index is 1.76. The van der Waals surface area contributed by atoms with E-state index in [0.29, 0.717) is 40.4 Å². The molecule has 0 aliphatic rings. The number of hydrogen-bond acceptors (Lipinski definition) is 5. The maximum absolute atomic E-state index is 13.9. The highest BCUT2D eigenvalue weighted by atomic mass is 79.9. The number of nitro benzene ring substituents is 1. The zero-order valence-corrected chi connectivity index (χ0v) is 17.8. The number of non-ortho nitro benzene ring substituents is 1. The summed E-state index contributed by atoms with van der Waals surface area (Å²) in [5.74, 6) is 0.683. The van der Waals surface area contributed by atoms with Crippen molar-refractivity contribution in [2.24, 2.45) is 0 Å². The number of hydrogen-bond donors (Lipinski definition) is 1. The van der Waals surface area contributed by atoms with Crippen molar-refractivity contribution in [2.75, 3.05) is 11.9 Å². The zero-order chi connectivity index (χ0) is 21.5. The van der Waals surface area contributed by atoms with E-state index in [0.717, 1.165) is 5.56 Å². The van der Waals surface area contributed by atoms with Gasteiger partial charge in [-0.15, -0.1) is 0 Å². The van der Waals surface area contributed by atoms with Crippen molar-refractivity contribution in [1.29, 1.82) is 0 Å². The zero-order valence-electron chi connectivity index (χ0n) is 16.2. The summed E-state index contributed by atoms with van der Waals surface area (Å²) in [4.78, 5) is 10.5. The molecule has 0 aliphatic carbocycles. The third-order valence-electron chi connectivity index (χ3n) is 4.25. The molecule has 0 heterocycles. The predicted molar refractivity (Wildman–Crippen MR) is 116 cm³/mol. The van der Waals surface area contributed by atoms with Crippen molar-refractivity contribution < 1.29 is 18.8 Å². The Labute approximate surface area is 181 Å². The van der Waals surface area contributed by atoms with Crippen LogP contribution in [0.25, 0.3) is 0 Å². The van der Waals surface area contributed by atoms with Gasteiger partial charge in [-0.25, -0.2) is 4.39 Å². The molecule has 6 nitrogen and oxygen atoms in total. The van der Waals surface area contributed by atoms with E-state index in [1.165, 1.54) is 18.2 Å². The lowest BCUT2D eigenvalue weighted by atomic mass is 10.2. The number of benzene rings is 3. The molecule has 0 atom stereocenters. The van der Waals surface area contributed by atoms with Gasteiger partial charge in [-0.2, -0.15) is 0 Å². The van der Waals surface area contributed by atoms with Gasteiger partial charge >= 0.3 is 0 Å². The molecule has 0 amide bonds. The monoisotopic (exact) mass is 474 g/mol. The molecule has 0 aliphatic heterocycles. The van der Waals surface area contributed by atoms with E-state index in [1.54, 1.807) is 30.3 Å². The molecular formula is C22H20BrFN2O4. The molecule has 8 heteroatoms. The second-order valence-corrected chi connectivity index (χ2v) is 7.23. The normalized spacial score (nSPS) is 10.5. The van der Waals surface area contributed by atoms with E-state index >= 15 is 0 Å². The van der Waals surface area contributed by atoms with Crippen molar-refractivity contribution in [3.05, 3.63) is 92.2 Å². The molecule has 0 bridgehead atoms. The number of halogens is 2. The van der Waals surface area contributed by atoms with Crippen LogP contribution in [0.1, 0.15) is 18.1 Å². The van der Waals surface area contributed by atoms with Crippen LogP contribution >= 0.6 is 15.9 Å². The van der Waals surface area contributed by atoms with Gasteiger partial charge in [0.2, 0.25) is 0 Å². The Bertz CT molecular complexity index is 1050. The second-order valence-electron chi connectivity index (χ2n) is 6.38. The van der Waals surface area contributed by atoms with Crippen molar-refractivity contribution in [3.63, 3.8) is 0 Å². The average Bonchev–Trinajstić information content (AvgIpc) is 2.73. The van der Waals surface area contributed by atoms with Crippen LogP contribution in [0.2, 0.25) is 0 Å². The van der Waals surface area contributed by atoms with Gasteiger partial charge in [-0.3, -0.25) is 10.1 Å². The van der Waals surface area contributed by atoms with Crippen LogP contribution in [0.3, 0.4) is 0 Å². The Morgan fingerprint density at radius 3 is 2.63 bits per heavy atom. The summed E-state index contributed by atoms with van der Waals surface area (Å²) in [6.45, 7) is 2.79. The average molecular weight is 475 g/mol. The lowest BCUT2D eigenvalue weighted by Gasteiger charge is -2.16. The molecule has 0 saturated carbocycles. The topological polar surface area (TPSA) is 73.6 Å². The molecule has 0 radical (unpaired) electrons. The molecule has 3 rings (SSSR count). The SMILES string of the molecule is CCOc1cc(CNc2cccc([N+](=O)[O-])c2)cc(Br)c1OCc1ccccc1F. The molecular weight excluding hydrogens is 455 g/mol. The first-order valence-corrected chi connectivity index (χ1v) is 10.1. The Kier molecular flexibility index (Phi) is 7.24. The van der Waals surface area contributed by atoms with E-state index < -0.39 is 4.92 Å². The second kappa shape index (κ2) is 10.1. The van der Waals surface area contributed by atoms with Crippen LogP contribution < -0.4 is 14.8 Å². The summed E-state index contributed by atoms with van der Waals surface area (Å²) in [6, 6.07) is 16.4.